The monoisotopic (exact) mass is 240 g/mol. The van der Waals surface area contributed by atoms with E-state index in [1.54, 1.807) is 4.90 Å². The lowest BCUT2D eigenvalue weighted by Gasteiger charge is -2.29. The van der Waals surface area contributed by atoms with E-state index in [0.717, 1.165) is 0 Å². The summed E-state index contributed by atoms with van der Waals surface area (Å²) in [7, 11) is 0. The number of carbonyl (C=O) groups is 1. The molecule has 1 aromatic rings. The highest BCUT2D eigenvalue weighted by atomic mass is 16.6. The molecule has 1 aliphatic rings. The van der Waals surface area contributed by atoms with Crippen LogP contribution in [-0.2, 0) is 17.7 Å². The molecule has 1 aromatic heterocycles. The number of ether oxygens (including phenoxy) is 1. The van der Waals surface area contributed by atoms with Crippen molar-refractivity contribution in [3.05, 3.63) is 21.7 Å². The molecular weight excluding hydrogens is 224 g/mol. The molecule has 0 spiro atoms. The molecule has 0 aromatic carbocycles. The van der Waals surface area contributed by atoms with E-state index >= 15 is 0 Å². The molecule has 0 radical (unpaired) electrons. The summed E-state index contributed by atoms with van der Waals surface area (Å²) in [4.78, 5) is 24.6. The molecule has 2 rings (SSSR count). The van der Waals surface area contributed by atoms with Gasteiger partial charge in [0.1, 0.15) is 5.60 Å². The van der Waals surface area contributed by atoms with Crippen molar-refractivity contribution in [1.29, 1.82) is 0 Å². The molecule has 1 aliphatic heterocycles. The molecule has 0 saturated carbocycles. The van der Waals surface area contributed by atoms with Crippen LogP contribution < -0.4 is 5.63 Å². The quantitative estimate of drug-likeness (QED) is 0.740. The number of aromatic nitrogens is 1. The first-order valence-corrected chi connectivity index (χ1v) is 5.54. The molecule has 1 N–H and O–H groups in total. The summed E-state index contributed by atoms with van der Waals surface area (Å²) in [5.74, 6) is 0. The van der Waals surface area contributed by atoms with Crippen molar-refractivity contribution in [3.8, 4) is 0 Å². The minimum atomic E-state index is -0.513. The predicted octanol–water partition coefficient (Wildman–Crippen LogP) is 1.26. The summed E-state index contributed by atoms with van der Waals surface area (Å²) in [6.07, 6.45) is 0.130. The van der Waals surface area contributed by atoms with Crippen molar-refractivity contribution >= 4 is 6.09 Å². The summed E-state index contributed by atoms with van der Waals surface area (Å²) >= 11 is 0. The minimum absolute atomic E-state index is 0.329. The highest BCUT2D eigenvalue weighted by Crippen LogP contribution is 2.17. The van der Waals surface area contributed by atoms with Crippen LogP contribution in [0.1, 0.15) is 32.0 Å². The zero-order valence-electron chi connectivity index (χ0n) is 10.2. The van der Waals surface area contributed by atoms with Crippen LogP contribution in [0.3, 0.4) is 0 Å². The van der Waals surface area contributed by atoms with Crippen molar-refractivity contribution in [2.24, 2.45) is 0 Å². The van der Waals surface area contributed by atoms with E-state index in [4.69, 9.17) is 4.74 Å². The van der Waals surface area contributed by atoms with E-state index in [-0.39, 0.29) is 11.7 Å². The summed E-state index contributed by atoms with van der Waals surface area (Å²) < 4.78 is 9.95. The summed E-state index contributed by atoms with van der Waals surface area (Å²) in [5, 5.41) is 2.54. The fourth-order valence-corrected chi connectivity index (χ4v) is 1.73. The SMILES string of the molecule is CC(C)(C)OC(=O)N1CCc2c([nH]oc2=O)C1. The fourth-order valence-electron chi connectivity index (χ4n) is 1.73. The maximum absolute atomic E-state index is 11.8. The second-order valence-electron chi connectivity index (χ2n) is 5.10. The van der Waals surface area contributed by atoms with Gasteiger partial charge in [-0.15, -0.1) is 0 Å². The Balaban J connectivity index is 2.08. The summed E-state index contributed by atoms with van der Waals surface area (Å²) in [6.45, 7) is 6.26. The van der Waals surface area contributed by atoms with Crippen LogP contribution >= 0.6 is 0 Å². The van der Waals surface area contributed by atoms with E-state index in [9.17, 15) is 9.59 Å². The smallest absolute Gasteiger partial charge is 0.410 e. The number of carbonyl (C=O) groups excluding carboxylic acids is 1. The molecule has 0 unspecified atom stereocenters. The van der Waals surface area contributed by atoms with E-state index < -0.39 is 5.60 Å². The number of rotatable bonds is 0. The van der Waals surface area contributed by atoms with E-state index in [1.165, 1.54) is 0 Å². The van der Waals surface area contributed by atoms with Crippen LogP contribution in [0.5, 0.6) is 0 Å². The molecule has 94 valence electrons. The van der Waals surface area contributed by atoms with Gasteiger partial charge in [0, 0.05) is 6.54 Å². The van der Waals surface area contributed by atoms with Crippen molar-refractivity contribution in [3.63, 3.8) is 0 Å². The van der Waals surface area contributed by atoms with E-state index in [0.29, 0.717) is 30.8 Å². The Morgan fingerprint density at radius 3 is 2.82 bits per heavy atom. The normalized spacial score (nSPS) is 15.6. The van der Waals surface area contributed by atoms with Crippen LogP contribution in [0.2, 0.25) is 0 Å². The molecule has 0 aliphatic carbocycles. The second kappa shape index (κ2) is 3.94. The average molecular weight is 240 g/mol. The average Bonchev–Trinajstić information content (AvgIpc) is 2.57. The number of hydrogen-bond donors (Lipinski definition) is 1. The predicted molar refractivity (Wildman–Crippen MR) is 59.7 cm³/mol. The molecule has 6 heteroatoms. The first-order chi connectivity index (χ1) is 7.87. The van der Waals surface area contributed by atoms with Gasteiger partial charge in [0.2, 0.25) is 0 Å². The topological polar surface area (TPSA) is 75.5 Å². The van der Waals surface area contributed by atoms with Gasteiger partial charge in [0.25, 0.3) is 0 Å². The third-order valence-corrected chi connectivity index (χ3v) is 2.51. The van der Waals surface area contributed by atoms with Gasteiger partial charge >= 0.3 is 11.7 Å². The number of amides is 1. The van der Waals surface area contributed by atoms with Crippen LogP contribution in [0.4, 0.5) is 4.79 Å². The number of fused-ring (bicyclic) bond motifs is 1. The lowest BCUT2D eigenvalue weighted by molar-refractivity contribution is 0.0220. The first kappa shape index (κ1) is 11.8. The van der Waals surface area contributed by atoms with Crippen LogP contribution in [-0.4, -0.2) is 28.3 Å². The number of nitrogens with zero attached hydrogens (tertiary/aromatic N) is 1. The van der Waals surface area contributed by atoms with Crippen LogP contribution in [0.15, 0.2) is 9.32 Å². The minimum Gasteiger partial charge on any atom is -0.444 e. The Kier molecular flexibility index (Phi) is 2.73. The summed E-state index contributed by atoms with van der Waals surface area (Å²) in [5.41, 5.74) is 0.432. The van der Waals surface area contributed by atoms with Gasteiger partial charge in [0.15, 0.2) is 0 Å². The molecule has 0 atom stereocenters. The number of nitrogens with one attached hydrogen (secondary N) is 1. The van der Waals surface area contributed by atoms with Crippen molar-refractivity contribution in [2.45, 2.75) is 39.3 Å². The van der Waals surface area contributed by atoms with Crippen LogP contribution in [0, 0.1) is 0 Å². The second-order valence-corrected chi connectivity index (χ2v) is 5.10. The standard InChI is InChI=1S/C11H16N2O4/c1-11(2,3)16-10(15)13-5-4-7-8(6-13)12-17-9(7)14/h12H,4-6H2,1-3H3. The van der Waals surface area contributed by atoms with Crippen molar-refractivity contribution in [1.82, 2.24) is 10.1 Å². The Morgan fingerprint density at radius 1 is 1.47 bits per heavy atom. The van der Waals surface area contributed by atoms with E-state index in [2.05, 4.69) is 9.68 Å². The first-order valence-electron chi connectivity index (χ1n) is 5.54. The maximum Gasteiger partial charge on any atom is 0.410 e. The molecule has 17 heavy (non-hydrogen) atoms. The maximum atomic E-state index is 11.8. The van der Waals surface area contributed by atoms with Gasteiger partial charge in [0.05, 0.1) is 17.8 Å². The highest BCUT2D eigenvalue weighted by molar-refractivity contribution is 5.68. The number of H-pyrrole nitrogens is 1. The third kappa shape index (κ3) is 2.51. The van der Waals surface area contributed by atoms with Gasteiger partial charge in [-0.05, 0) is 27.2 Å². The Labute approximate surface area is 98.5 Å². The number of hydrogen-bond acceptors (Lipinski definition) is 4. The zero-order chi connectivity index (χ0) is 12.6. The lowest BCUT2D eigenvalue weighted by Crippen LogP contribution is -2.40. The summed E-state index contributed by atoms with van der Waals surface area (Å²) in [6, 6.07) is 0. The Hall–Kier alpha value is -1.72. The van der Waals surface area contributed by atoms with E-state index in [1.807, 2.05) is 20.8 Å². The van der Waals surface area contributed by atoms with Gasteiger partial charge in [-0.2, -0.15) is 0 Å². The highest BCUT2D eigenvalue weighted by Gasteiger charge is 2.28. The Bertz CT molecular complexity index is 480. The Morgan fingerprint density at radius 2 is 2.18 bits per heavy atom. The zero-order valence-corrected chi connectivity index (χ0v) is 10.2. The molecule has 0 bridgehead atoms. The van der Waals surface area contributed by atoms with Gasteiger partial charge in [-0.3, -0.25) is 0 Å². The van der Waals surface area contributed by atoms with Crippen molar-refractivity contribution < 1.29 is 14.1 Å². The lowest BCUT2D eigenvalue weighted by atomic mass is 10.1. The fraction of sp³-hybridized carbons (Fsp3) is 0.636. The van der Waals surface area contributed by atoms with Gasteiger partial charge in [-0.25, -0.2) is 14.7 Å². The molecular formula is C11H16N2O4. The molecule has 6 nitrogen and oxygen atoms in total. The van der Waals surface area contributed by atoms with Gasteiger partial charge in [-0.1, -0.05) is 0 Å². The van der Waals surface area contributed by atoms with Crippen molar-refractivity contribution in [2.75, 3.05) is 6.54 Å². The number of aromatic amines is 1. The molecule has 0 fully saturated rings. The molecule has 2 heterocycles. The van der Waals surface area contributed by atoms with Gasteiger partial charge < -0.3 is 14.2 Å². The van der Waals surface area contributed by atoms with Crippen LogP contribution in [0.25, 0.3) is 0 Å². The third-order valence-electron chi connectivity index (χ3n) is 2.51. The largest absolute Gasteiger partial charge is 0.444 e. The molecule has 1 amide bonds. The molecule has 0 saturated heterocycles.